The summed E-state index contributed by atoms with van der Waals surface area (Å²) in [4.78, 5) is 26.4. The predicted octanol–water partition coefficient (Wildman–Crippen LogP) is 3.70. The number of aromatic nitrogens is 1. The first-order valence-electron chi connectivity index (χ1n) is 7.57. The molecule has 0 aliphatic rings. The Morgan fingerprint density at radius 3 is 2.82 bits per heavy atom. The highest BCUT2D eigenvalue weighted by Crippen LogP contribution is 2.15. The molecule has 0 amide bonds. The van der Waals surface area contributed by atoms with Crippen LogP contribution >= 0.6 is 12.6 Å². The highest BCUT2D eigenvalue weighted by molar-refractivity contribution is 7.80. The van der Waals surface area contributed by atoms with Crippen LogP contribution in [0.25, 0.3) is 10.9 Å². The van der Waals surface area contributed by atoms with E-state index in [0.29, 0.717) is 11.7 Å². The fraction of sp³-hybridized carbons (Fsp3) is 0.412. The summed E-state index contributed by atoms with van der Waals surface area (Å²) < 4.78 is 5.18. The number of carbonyl (C=O) groups is 1. The number of fused-ring (bicyclic) bond motifs is 1. The Hall–Kier alpha value is -1.75. The molecular weight excluding hydrogens is 298 g/mol. The summed E-state index contributed by atoms with van der Waals surface area (Å²) in [5, 5.41) is 1.23. The molecule has 1 aromatic heterocycles. The van der Waals surface area contributed by atoms with Gasteiger partial charge in [0.05, 0.1) is 0 Å². The number of nitrogens with one attached hydrogen (secondary N) is 1. The summed E-state index contributed by atoms with van der Waals surface area (Å²) in [6.07, 6.45) is 4.16. The van der Waals surface area contributed by atoms with Crippen LogP contribution in [-0.4, -0.2) is 16.2 Å². The zero-order valence-electron chi connectivity index (χ0n) is 12.7. The molecule has 0 aliphatic heterocycles. The van der Waals surface area contributed by atoms with Gasteiger partial charge >= 0.3 is 5.97 Å². The minimum atomic E-state index is -0.379. The number of rotatable bonds is 7. The van der Waals surface area contributed by atoms with Crippen molar-refractivity contribution in [2.45, 2.75) is 44.3 Å². The third-order valence-electron chi connectivity index (χ3n) is 3.45. The summed E-state index contributed by atoms with van der Waals surface area (Å²) >= 11 is 4.32. The Kier molecular flexibility index (Phi) is 6.07. The van der Waals surface area contributed by atoms with Crippen LogP contribution in [0.3, 0.4) is 0 Å². The van der Waals surface area contributed by atoms with E-state index in [4.69, 9.17) is 4.74 Å². The second-order valence-corrected chi connectivity index (χ2v) is 6.35. The molecule has 0 bridgehead atoms. The Morgan fingerprint density at radius 1 is 1.27 bits per heavy atom. The fourth-order valence-corrected chi connectivity index (χ4v) is 2.45. The van der Waals surface area contributed by atoms with Gasteiger partial charge in [-0.3, -0.25) is 9.59 Å². The van der Waals surface area contributed by atoms with Crippen LogP contribution < -0.4 is 10.3 Å². The number of thiol groups is 1. The van der Waals surface area contributed by atoms with Crippen molar-refractivity contribution in [3.05, 3.63) is 40.7 Å². The maximum atomic E-state index is 11.9. The third kappa shape index (κ3) is 4.91. The lowest BCUT2D eigenvalue weighted by Crippen LogP contribution is -2.16. The van der Waals surface area contributed by atoms with Crippen molar-refractivity contribution in [3.8, 4) is 5.75 Å². The minimum absolute atomic E-state index is 0.0627. The molecule has 0 saturated carbocycles. The van der Waals surface area contributed by atoms with Crippen molar-refractivity contribution in [2.75, 3.05) is 0 Å². The molecule has 4 nitrogen and oxygen atoms in total. The normalized spacial score (nSPS) is 12.3. The number of ether oxygens (including phenoxy) is 1. The zero-order chi connectivity index (χ0) is 15.9. The monoisotopic (exact) mass is 319 g/mol. The lowest BCUT2D eigenvalue weighted by Gasteiger charge is -2.06. The Labute approximate surface area is 135 Å². The number of benzene rings is 1. The van der Waals surface area contributed by atoms with Crippen LogP contribution in [0.5, 0.6) is 5.75 Å². The summed E-state index contributed by atoms with van der Waals surface area (Å²) in [6, 6.07) is 8.99. The zero-order valence-corrected chi connectivity index (χ0v) is 13.6. The molecule has 0 radical (unpaired) electrons. The van der Waals surface area contributed by atoms with E-state index in [9.17, 15) is 9.59 Å². The Morgan fingerprint density at radius 2 is 2.05 bits per heavy atom. The molecule has 2 aromatic rings. The van der Waals surface area contributed by atoms with E-state index in [1.165, 1.54) is 0 Å². The van der Waals surface area contributed by atoms with E-state index < -0.39 is 0 Å². The molecule has 0 aliphatic carbocycles. The van der Waals surface area contributed by atoms with Gasteiger partial charge in [-0.05, 0) is 30.2 Å². The van der Waals surface area contributed by atoms with E-state index >= 15 is 0 Å². The SMILES string of the molecule is CC(S)CCCCCC(=O)Oc1cc2ccccc2[nH]c1=O. The first-order chi connectivity index (χ1) is 10.6. The van der Waals surface area contributed by atoms with Crippen LogP contribution in [0.15, 0.2) is 35.1 Å². The minimum Gasteiger partial charge on any atom is -0.421 e. The quantitative estimate of drug-likeness (QED) is 0.465. The summed E-state index contributed by atoms with van der Waals surface area (Å²) in [7, 11) is 0. The lowest BCUT2D eigenvalue weighted by atomic mass is 10.1. The maximum absolute atomic E-state index is 11.9. The number of aromatic amines is 1. The van der Waals surface area contributed by atoms with Gasteiger partial charge in [0.2, 0.25) is 0 Å². The first kappa shape index (κ1) is 16.6. The summed E-state index contributed by atoms with van der Waals surface area (Å²) in [6.45, 7) is 2.06. The van der Waals surface area contributed by atoms with Crippen molar-refractivity contribution < 1.29 is 9.53 Å². The van der Waals surface area contributed by atoms with E-state index in [0.717, 1.165) is 36.6 Å². The van der Waals surface area contributed by atoms with Crippen molar-refractivity contribution in [2.24, 2.45) is 0 Å². The molecular formula is C17H21NO3S. The fourth-order valence-electron chi connectivity index (χ4n) is 2.26. The summed E-state index contributed by atoms with van der Waals surface area (Å²) in [5.41, 5.74) is 0.351. The predicted molar refractivity (Wildman–Crippen MR) is 91.7 cm³/mol. The van der Waals surface area contributed by atoms with Crippen LogP contribution in [-0.2, 0) is 4.79 Å². The molecule has 5 heteroatoms. The average molecular weight is 319 g/mol. The topological polar surface area (TPSA) is 59.2 Å². The van der Waals surface area contributed by atoms with Gasteiger partial charge < -0.3 is 9.72 Å². The highest BCUT2D eigenvalue weighted by atomic mass is 32.1. The second-order valence-electron chi connectivity index (χ2n) is 5.47. The van der Waals surface area contributed by atoms with E-state index in [1.807, 2.05) is 24.3 Å². The number of unbranched alkanes of at least 4 members (excludes halogenated alkanes) is 2. The second kappa shape index (κ2) is 8.03. The highest BCUT2D eigenvalue weighted by Gasteiger charge is 2.09. The van der Waals surface area contributed by atoms with Crippen LogP contribution in [0.4, 0.5) is 0 Å². The molecule has 22 heavy (non-hydrogen) atoms. The van der Waals surface area contributed by atoms with Gasteiger partial charge in [0.25, 0.3) is 5.56 Å². The number of hydrogen-bond acceptors (Lipinski definition) is 4. The van der Waals surface area contributed by atoms with Gasteiger partial charge in [-0.2, -0.15) is 12.6 Å². The van der Waals surface area contributed by atoms with Crippen molar-refractivity contribution in [3.63, 3.8) is 0 Å². The summed E-state index contributed by atoms with van der Waals surface area (Å²) in [5.74, 6) is -0.299. The van der Waals surface area contributed by atoms with Crippen molar-refractivity contribution >= 4 is 29.5 Å². The molecule has 1 N–H and O–H groups in total. The van der Waals surface area contributed by atoms with E-state index in [2.05, 4.69) is 24.5 Å². The van der Waals surface area contributed by atoms with Gasteiger partial charge in [0.15, 0.2) is 5.75 Å². The van der Waals surface area contributed by atoms with Gasteiger partial charge in [0.1, 0.15) is 0 Å². The molecule has 2 rings (SSSR count). The number of hydrogen-bond donors (Lipinski definition) is 2. The molecule has 1 atom stereocenters. The number of esters is 1. The van der Waals surface area contributed by atoms with Crippen LogP contribution in [0.2, 0.25) is 0 Å². The standard InChI is InChI=1S/C17H21NO3S/c1-12(22)7-3-2-4-10-16(19)21-15-11-13-8-5-6-9-14(13)18-17(15)20/h5-6,8-9,11-12,22H,2-4,7,10H2,1H3,(H,18,20). The van der Waals surface area contributed by atoms with Gasteiger partial charge in [-0.15, -0.1) is 0 Å². The van der Waals surface area contributed by atoms with E-state index in [-0.39, 0.29) is 17.3 Å². The molecule has 1 unspecified atom stereocenters. The first-order valence-corrected chi connectivity index (χ1v) is 8.08. The Balaban J connectivity index is 1.89. The average Bonchev–Trinajstić information content (AvgIpc) is 2.47. The number of para-hydroxylation sites is 1. The number of carbonyl (C=O) groups excluding carboxylic acids is 1. The molecule has 1 aromatic carbocycles. The molecule has 0 spiro atoms. The smallest absolute Gasteiger partial charge is 0.311 e. The molecule has 1 heterocycles. The van der Waals surface area contributed by atoms with Crippen molar-refractivity contribution in [1.82, 2.24) is 4.98 Å². The number of pyridine rings is 1. The third-order valence-corrected chi connectivity index (χ3v) is 3.70. The van der Waals surface area contributed by atoms with E-state index in [1.54, 1.807) is 6.07 Å². The largest absolute Gasteiger partial charge is 0.421 e. The molecule has 0 saturated heterocycles. The van der Waals surface area contributed by atoms with Crippen LogP contribution in [0.1, 0.15) is 39.0 Å². The molecule has 118 valence electrons. The molecule has 0 fully saturated rings. The van der Waals surface area contributed by atoms with Gasteiger partial charge in [-0.1, -0.05) is 38.0 Å². The van der Waals surface area contributed by atoms with Gasteiger partial charge in [0, 0.05) is 17.3 Å². The maximum Gasteiger partial charge on any atom is 0.311 e. The number of H-pyrrole nitrogens is 1. The lowest BCUT2D eigenvalue weighted by molar-refractivity contribution is -0.134. The van der Waals surface area contributed by atoms with Crippen molar-refractivity contribution in [1.29, 1.82) is 0 Å². The Bertz CT molecular complexity index is 694. The van der Waals surface area contributed by atoms with Gasteiger partial charge in [-0.25, -0.2) is 0 Å². The van der Waals surface area contributed by atoms with Crippen LogP contribution in [0, 0.1) is 0 Å².